The summed E-state index contributed by atoms with van der Waals surface area (Å²) in [4.78, 5) is 0. The fraction of sp³-hybridized carbons (Fsp3) is 0.429. The van der Waals surface area contributed by atoms with Crippen molar-refractivity contribution in [3.05, 3.63) is 24.3 Å². The van der Waals surface area contributed by atoms with Gasteiger partial charge in [-0.3, -0.25) is 0 Å². The Morgan fingerprint density at radius 3 is 2.44 bits per heavy atom. The largest absolute Gasteiger partial charge is 0.347 e. The Morgan fingerprint density at radius 1 is 1.56 bits per heavy atom. The van der Waals surface area contributed by atoms with E-state index in [1.807, 2.05) is 6.20 Å². The molecule has 50 valence electrons. The van der Waals surface area contributed by atoms with E-state index in [1.54, 1.807) is 0 Å². The van der Waals surface area contributed by atoms with Crippen LogP contribution in [0.1, 0.15) is 13.8 Å². The predicted octanol–water partition coefficient (Wildman–Crippen LogP) is 1.15. The first kappa shape index (κ1) is 6.20. The Morgan fingerprint density at radius 2 is 2.22 bits per heavy atom. The van der Waals surface area contributed by atoms with Gasteiger partial charge in [0.1, 0.15) is 0 Å². The summed E-state index contributed by atoms with van der Waals surface area (Å²) in [6, 6.07) is 0. The van der Waals surface area contributed by atoms with Crippen LogP contribution in [0.2, 0.25) is 0 Å². The molecular formula is C7H12N2. The molecule has 1 heterocycles. The lowest BCUT2D eigenvalue weighted by Gasteiger charge is -2.05. The normalized spacial score (nSPS) is 17.2. The third kappa shape index (κ3) is 1.25. The summed E-state index contributed by atoms with van der Waals surface area (Å²) in [5.74, 6) is 1.43. The first-order valence-corrected chi connectivity index (χ1v) is 3.12. The molecule has 1 aliphatic rings. The van der Waals surface area contributed by atoms with E-state index in [2.05, 4.69) is 31.1 Å². The standard InChI is InChI=1S/C7H12N2/c1-5(2)7-4-8-6(3)9-7/h4-5,8-9H,3H2,1-2H3. The molecule has 2 nitrogen and oxygen atoms in total. The zero-order valence-corrected chi connectivity index (χ0v) is 5.86. The molecule has 0 aromatic carbocycles. The van der Waals surface area contributed by atoms with E-state index in [4.69, 9.17) is 0 Å². The third-order valence-electron chi connectivity index (χ3n) is 1.32. The van der Waals surface area contributed by atoms with Crippen molar-refractivity contribution >= 4 is 0 Å². The van der Waals surface area contributed by atoms with Gasteiger partial charge < -0.3 is 10.6 Å². The van der Waals surface area contributed by atoms with E-state index in [0.717, 1.165) is 5.82 Å². The smallest absolute Gasteiger partial charge is 0.0995 e. The minimum Gasteiger partial charge on any atom is -0.347 e. The third-order valence-corrected chi connectivity index (χ3v) is 1.32. The van der Waals surface area contributed by atoms with Gasteiger partial charge in [-0.05, 0) is 5.92 Å². The fourth-order valence-electron chi connectivity index (χ4n) is 0.722. The van der Waals surface area contributed by atoms with Crippen LogP contribution in [-0.2, 0) is 0 Å². The van der Waals surface area contributed by atoms with Crippen LogP contribution in [-0.4, -0.2) is 0 Å². The van der Waals surface area contributed by atoms with Gasteiger partial charge in [-0.25, -0.2) is 0 Å². The second kappa shape index (κ2) is 2.13. The van der Waals surface area contributed by atoms with Crippen LogP contribution in [0.5, 0.6) is 0 Å². The first-order valence-electron chi connectivity index (χ1n) is 3.12. The maximum Gasteiger partial charge on any atom is 0.0995 e. The van der Waals surface area contributed by atoms with Crippen LogP contribution in [0.4, 0.5) is 0 Å². The molecule has 0 atom stereocenters. The average Bonchev–Trinajstić information content (AvgIpc) is 2.14. The highest BCUT2D eigenvalue weighted by Crippen LogP contribution is 2.09. The van der Waals surface area contributed by atoms with Crippen LogP contribution in [0.25, 0.3) is 0 Å². The van der Waals surface area contributed by atoms with Gasteiger partial charge in [-0.15, -0.1) is 0 Å². The molecule has 0 aromatic rings. The monoisotopic (exact) mass is 124 g/mol. The number of hydrogen-bond acceptors (Lipinski definition) is 2. The van der Waals surface area contributed by atoms with Crippen LogP contribution < -0.4 is 10.6 Å². The van der Waals surface area contributed by atoms with Gasteiger partial charge in [0.15, 0.2) is 0 Å². The Labute approximate surface area is 55.6 Å². The van der Waals surface area contributed by atoms with E-state index >= 15 is 0 Å². The Hall–Kier alpha value is -0.920. The molecule has 0 saturated heterocycles. The van der Waals surface area contributed by atoms with Gasteiger partial charge in [0.05, 0.1) is 5.82 Å². The highest BCUT2D eigenvalue weighted by molar-refractivity contribution is 5.17. The molecule has 9 heavy (non-hydrogen) atoms. The van der Waals surface area contributed by atoms with Crippen LogP contribution in [0.15, 0.2) is 24.3 Å². The molecule has 0 saturated carbocycles. The summed E-state index contributed by atoms with van der Waals surface area (Å²) < 4.78 is 0. The van der Waals surface area contributed by atoms with Crippen LogP contribution in [0, 0.1) is 5.92 Å². The molecule has 2 N–H and O–H groups in total. The average molecular weight is 124 g/mol. The van der Waals surface area contributed by atoms with Gasteiger partial charge in [0.25, 0.3) is 0 Å². The molecule has 0 unspecified atom stereocenters. The number of nitrogens with one attached hydrogen (secondary N) is 2. The van der Waals surface area contributed by atoms with Crippen molar-refractivity contribution in [2.75, 3.05) is 0 Å². The number of rotatable bonds is 1. The SMILES string of the molecule is C=C1NC=C(C(C)C)N1. The molecule has 0 bridgehead atoms. The van der Waals surface area contributed by atoms with Crippen LogP contribution >= 0.6 is 0 Å². The maximum absolute atomic E-state index is 3.71. The summed E-state index contributed by atoms with van der Waals surface area (Å²) in [7, 11) is 0. The Kier molecular flexibility index (Phi) is 1.47. The summed E-state index contributed by atoms with van der Waals surface area (Å²) >= 11 is 0. The molecule has 2 heteroatoms. The fourth-order valence-corrected chi connectivity index (χ4v) is 0.722. The Balaban J connectivity index is 2.55. The van der Waals surface area contributed by atoms with E-state index in [0.29, 0.717) is 5.92 Å². The van der Waals surface area contributed by atoms with E-state index in [1.165, 1.54) is 5.70 Å². The van der Waals surface area contributed by atoms with Gasteiger partial charge in [-0.2, -0.15) is 0 Å². The summed E-state index contributed by atoms with van der Waals surface area (Å²) in [6.45, 7) is 7.99. The summed E-state index contributed by atoms with van der Waals surface area (Å²) in [5, 5.41) is 6.09. The van der Waals surface area contributed by atoms with Gasteiger partial charge in [0.2, 0.25) is 0 Å². The predicted molar refractivity (Wildman–Crippen MR) is 38.3 cm³/mol. The van der Waals surface area contributed by atoms with E-state index in [9.17, 15) is 0 Å². The molecule has 0 amide bonds. The Bertz CT molecular complexity index is 156. The molecule has 0 aliphatic carbocycles. The van der Waals surface area contributed by atoms with Gasteiger partial charge >= 0.3 is 0 Å². The maximum atomic E-state index is 3.71. The lowest BCUT2D eigenvalue weighted by atomic mass is 10.2. The highest BCUT2D eigenvalue weighted by Gasteiger charge is 2.08. The minimum absolute atomic E-state index is 0.553. The van der Waals surface area contributed by atoms with Crippen molar-refractivity contribution in [2.45, 2.75) is 13.8 Å². The topological polar surface area (TPSA) is 24.1 Å². The second-order valence-corrected chi connectivity index (χ2v) is 2.50. The first-order chi connectivity index (χ1) is 4.20. The summed E-state index contributed by atoms with van der Waals surface area (Å²) in [6.07, 6.45) is 1.95. The molecule has 0 fully saturated rings. The molecule has 1 rings (SSSR count). The van der Waals surface area contributed by atoms with Crippen molar-refractivity contribution in [1.82, 2.24) is 10.6 Å². The van der Waals surface area contributed by atoms with Gasteiger partial charge in [-0.1, -0.05) is 20.4 Å². The van der Waals surface area contributed by atoms with E-state index in [-0.39, 0.29) is 0 Å². The number of hydrogen-bond donors (Lipinski definition) is 2. The van der Waals surface area contributed by atoms with Crippen molar-refractivity contribution < 1.29 is 0 Å². The van der Waals surface area contributed by atoms with Crippen molar-refractivity contribution in [1.29, 1.82) is 0 Å². The second-order valence-electron chi connectivity index (χ2n) is 2.50. The molecule has 0 aromatic heterocycles. The van der Waals surface area contributed by atoms with Crippen LogP contribution in [0.3, 0.4) is 0 Å². The van der Waals surface area contributed by atoms with E-state index < -0.39 is 0 Å². The van der Waals surface area contributed by atoms with Crippen molar-refractivity contribution in [3.8, 4) is 0 Å². The molecule has 1 aliphatic heterocycles. The highest BCUT2D eigenvalue weighted by atomic mass is 15.1. The van der Waals surface area contributed by atoms with Crippen molar-refractivity contribution in [3.63, 3.8) is 0 Å². The number of allylic oxidation sites excluding steroid dienone is 1. The molecular weight excluding hydrogens is 112 g/mol. The van der Waals surface area contributed by atoms with Crippen molar-refractivity contribution in [2.24, 2.45) is 5.92 Å². The quantitative estimate of drug-likeness (QED) is 0.548. The van der Waals surface area contributed by atoms with Gasteiger partial charge in [0, 0.05) is 11.9 Å². The lowest BCUT2D eigenvalue weighted by Crippen LogP contribution is -2.12. The zero-order valence-electron chi connectivity index (χ0n) is 5.86. The summed E-state index contributed by atoms with van der Waals surface area (Å²) in [5.41, 5.74) is 1.21. The molecule has 0 radical (unpaired) electrons. The zero-order chi connectivity index (χ0) is 6.85. The lowest BCUT2D eigenvalue weighted by molar-refractivity contribution is 0.717. The molecule has 0 spiro atoms. The minimum atomic E-state index is 0.553.